The highest BCUT2D eigenvalue weighted by molar-refractivity contribution is 6.36. The fourth-order valence-corrected chi connectivity index (χ4v) is 1.50. The summed E-state index contributed by atoms with van der Waals surface area (Å²) in [4.78, 5) is 0. The van der Waals surface area contributed by atoms with Crippen LogP contribution in [0.2, 0.25) is 10.0 Å². The van der Waals surface area contributed by atoms with Crippen LogP contribution in [0.1, 0.15) is 11.1 Å². The lowest BCUT2D eigenvalue weighted by Gasteiger charge is -2.03. The molecule has 0 bridgehead atoms. The number of hydrogen-bond donors (Lipinski definition) is 1. The predicted octanol–water partition coefficient (Wildman–Crippen LogP) is 2.32. The molecule has 62 valence electrons. The lowest BCUT2D eigenvalue weighted by molar-refractivity contribution is 1.07. The Morgan fingerprint density at radius 1 is 1.33 bits per heavy atom. The van der Waals surface area contributed by atoms with E-state index >= 15 is 0 Å². The molecule has 0 unspecified atom stereocenters. The highest BCUT2D eigenvalue weighted by atomic mass is 35.5. The number of nitrogens with zero attached hydrogens (tertiary/aromatic N) is 1. The van der Waals surface area contributed by atoms with E-state index in [2.05, 4.69) is 0 Å². The molecule has 0 aromatic heterocycles. The molecule has 0 atom stereocenters. The summed E-state index contributed by atoms with van der Waals surface area (Å²) in [6, 6.07) is 5.05. The Kier molecular flexibility index (Phi) is 2.93. The summed E-state index contributed by atoms with van der Waals surface area (Å²) in [6.07, 6.45) is 0. The van der Waals surface area contributed by atoms with Crippen LogP contribution in [0, 0.1) is 11.3 Å². The smallest absolute Gasteiger partial charge is 0.0992 e. The van der Waals surface area contributed by atoms with Crippen molar-refractivity contribution in [1.29, 1.82) is 5.26 Å². The van der Waals surface area contributed by atoms with Crippen LogP contribution in [0.5, 0.6) is 0 Å². The van der Waals surface area contributed by atoms with E-state index in [0.717, 1.165) is 0 Å². The number of nitriles is 1. The van der Waals surface area contributed by atoms with Crippen LogP contribution in [-0.2, 0) is 6.54 Å². The van der Waals surface area contributed by atoms with E-state index in [0.29, 0.717) is 21.2 Å². The van der Waals surface area contributed by atoms with Gasteiger partial charge in [0.25, 0.3) is 0 Å². The number of rotatable bonds is 1. The highest BCUT2D eigenvalue weighted by Gasteiger charge is 2.05. The summed E-state index contributed by atoms with van der Waals surface area (Å²) in [7, 11) is 0. The van der Waals surface area contributed by atoms with E-state index in [1.165, 1.54) is 0 Å². The van der Waals surface area contributed by atoms with Crippen molar-refractivity contribution in [2.45, 2.75) is 6.54 Å². The van der Waals surface area contributed by atoms with Crippen LogP contribution in [0.4, 0.5) is 0 Å². The predicted molar refractivity (Wildman–Crippen MR) is 49.1 cm³/mol. The minimum Gasteiger partial charge on any atom is -0.326 e. The molecule has 0 radical (unpaired) electrons. The van der Waals surface area contributed by atoms with Crippen LogP contribution < -0.4 is 5.73 Å². The van der Waals surface area contributed by atoms with Crippen LogP contribution in [0.15, 0.2) is 12.1 Å². The van der Waals surface area contributed by atoms with Gasteiger partial charge in [-0.2, -0.15) is 5.26 Å². The van der Waals surface area contributed by atoms with Gasteiger partial charge in [0.15, 0.2) is 0 Å². The first-order chi connectivity index (χ1) is 5.69. The topological polar surface area (TPSA) is 49.8 Å². The summed E-state index contributed by atoms with van der Waals surface area (Å²) in [6.45, 7) is 0.281. The zero-order valence-electron chi connectivity index (χ0n) is 6.14. The minimum absolute atomic E-state index is 0.281. The minimum atomic E-state index is 0.281. The number of hydrogen-bond acceptors (Lipinski definition) is 2. The first-order valence-corrected chi connectivity index (χ1v) is 4.02. The molecule has 1 aromatic carbocycles. The van der Waals surface area contributed by atoms with Gasteiger partial charge in [-0.05, 0) is 12.1 Å². The van der Waals surface area contributed by atoms with Gasteiger partial charge in [-0.1, -0.05) is 23.2 Å². The van der Waals surface area contributed by atoms with Gasteiger partial charge in [-0.25, -0.2) is 0 Å². The van der Waals surface area contributed by atoms with Gasteiger partial charge in [0.2, 0.25) is 0 Å². The summed E-state index contributed by atoms with van der Waals surface area (Å²) in [5.74, 6) is 0. The monoisotopic (exact) mass is 200 g/mol. The van der Waals surface area contributed by atoms with Crippen LogP contribution >= 0.6 is 23.2 Å². The molecule has 1 aromatic rings. The maximum absolute atomic E-state index is 8.55. The summed E-state index contributed by atoms with van der Waals surface area (Å²) in [5.41, 5.74) is 6.52. The van der Waals surface area contributed by atoms with E-state index in [1.807, 2.05) is 6.07 Å². The second-order valence-corrected chi connectivity index (χ2v) is 3.05. The molecule has 0 saturated carbocycles. The Labute approximate surface area is 80.5 Å². The van der Waals surface area contributed by atoms with Gasteiger partial charge in [-0.15, -0.1) is 0 Å². The lowest BCUT2D eigenvalue weighted by atomic mass is 10.1. The standard InChI is InChI=1S/C8H6Cl2N2/c9-7-1-5(3-11)2-8(10)6(7)4-12/h1-2H,4,12H2. The molecule has 2 nitrogen and oxygen atoms in total. The van der Waals surface area contributed by atoms with Crippen LogP contribution in [0.25, 0.3) is 0 Å². The van der Waals surface area contributed by atoms with Gasteiger partial charge in [0.05, 0.1) is 11.6 Å². The molecule has 1 rings (SSSR count). The average Bonchev–Trinajstić information content (AvgIpc) is 2.03. The van der Waals surface area contributed by atoms with Gasteiger partial charge >= 0.3 is 0 Å². The Bertz CT molecular complexity index is 318. The molecule has 0 aliphatic carbocycles. The van der Waals surface area contributed by atoms with E-state index < -0.39 is 0 Å². The molecule has 12 heavy (non-hydrogen) atoms. The van der Waals surface area contributed by atoms with Crippen molar-refractivity contribution >= 4 is 23.2 Å². The second kappa shape index (κ2) is 3.77. The van der Waals surface area contributed by atoms with Gasteiger partial charge in [0.1, 0.15) is 0 Å². The van der Waals surface area contributed by atoms with E-state index in [-0.39, 0.29) is 6.54 Å². The maximum atomic E-state index is 8.55. The van der Waals surface area contributed by atoms with Crippen molar-refractivity contribution in [3.8, 4) is 6.07 Å². The van der Waals surface area contributed by atoms with Gasteiger partial charge in [0, 0.05) is 22.2 Å². The highest BCUT2D eigenvalue weighted by Crippen LogP contribution is 2.25. The summed E-state index contributed by atoms with van der Waals surface area (Å²) >= 11 is 11.6. The Hall–Kier alpha value is -0.750. The molecular weight excluding hydrogens is 195 g/mol. The quantitative estimate of drug-likeness (QED) is 0.757. The average molecular weight is 201 g/mol. The SMILES string of the molecule is N#Cc1cc(Cl)c(CN)c(Cl)c1. The van der Waals surface area contributed by atoms with E-state index in [4.69, 9.17) is 34.2 Å². The Balaban J connectivity index is 3.30. The van der Waals surface area contributed by atoms with Crippen molar-refractivity contribution in [2.24, 2.45) is 5.73 Å². The van der Waals surface area contributed by atoms with E-state index in [1.54, 1.807) is 12.1 Å². The molecule has 0 aliphatic heterocycles. The van der Waals surface area contributed by atoms with Gasteiger partial charge < -0.3 is 5.73 Å². The number of benzene rings is 1. The number of nitrogens with two attached hydrogens (primary N) is 1. The van der Waals surface area contributed by atoms with Crippen LogP contribution in [-0.4, -0.2) is 0 Å². The Morgan fingerprint density at radius 3 is 2.17 bits per heavy atom. The lowest BCUT2D eigenvalue weighted by Crippen LogP contribution is -1.98. The first kappa shape index (κ1) is 9.34. The molecule has 0 heterocycles. The van der Waals surface area contributed by atoms with Crippen molar-refractivity contribution < 1.29 is 0 Å². The molecule has 4 heteroatoms. The summed E-state index contributed by atoms with van der Waals surface area (Å²) < 4.78 is 0. The molecule has 0 amide bonds. The third kappa shape index (κ3) is 1.70. The van der Waals surface area contributed by atoms with Crippen molar-refractivity contribution in [3.63, 3.8) is 0 Å². The molecule has 0 saturated heterocycles. The van der Waals surface area contributed by atoms with E-state index in [9.17, 15) is 0 Å². The molecular formula is C8H6Cl2N2. The zero-order valence-corrected chi connectivity index (χ0v) is 7.65. The second-order valence-electron chi connectivity index (χ2n) is 2.23. The van der Waals surface area contributed by atoms with Crippen molar-refractivity contribution in [2.75, 3.05) is 0 Å². The fourth-order valence-electron chi connectivity index (χ4n) is 0.863. The largest absolute Gasteiger partial charge is 0.326 e. The third-order valence-electron chi connectivity index (χ3n) is 1.47. The molecule has 0 aliphatic rings. The number of halogens is 2. The van der Waals surface area contributed by atoms with Crippen molar-refractivity contribution in [3.05, 3.63) is 33.3 Å². The molecule has 2 N–H and O–H groups in total. The zero-order chi connectivity index (χ0) is 9.14. The maximum Gasteiger partial charge on any atom is 0.0992 e. The normalized spacial score (nSPS) is 9.50. The molecule has 0 fully saturated rings. The van der Waals surface area contributed by atoms with Gasteiger partial charge in [-0.3, -0.25) is 0 Å². The molecule has 0 spiro atoms. The van der Waals surface area contributed by atoms with Crippen LogP contribution in [0.3, 0.4) is 0 Å². The fraction of sp³-hybridized carbons (Fsp3) is 0.125. The van der Waals surface area contributed by atoms with Crippen molar-refractivity contribution in [1.82, 2.24) is 0 Å². The summed E-state index contributed by atoms with van der Waals surface area (Å²) in [5, 5.41) is 9.44. The Morgan fingerprint density at radius 2 is 1.83 bits per heavy atom. The third-order valence-corrected chi connectivity index (χ3v) is 2.15. The first-order valence-electron chi connectivity index (χ1n) is 3.27.